The van der Waals surface area contributed by atoms with E-state index in [0.29, 0.717) is 13.1 Å². The number of amides is 2. The van der Waals surface area contributed by atoms with Crippen LogP contribution in [0.5, 0.6) is 0 Å². The minimum absolute atomic E-state index is 0.0152. The number of quaternary nitrogens is 1. The van der Waals surface area contributed by atoms with Crippen LogP contribution in [0.1, 0.15) is 25.3 Å². The Labute approximate surface area is 140 Å². The molecule has 0 aliphatic heterocycles. The van der Waals surface area contributed by atoms with Gasteiger partial charge in [0, 0.05) is 16.7 Å². The van der Waals surface area contributed by atoms with Crippen LogP contribution in [-0.4, -0.2) is 38.5 Å². The summed E-state index contributed by atoms with van der Waals surface area (Å²) in [6.07, 6.45) is 2.03. The number of benzene rings is 1. The van der Waals surface area contributed by atoms with E-state index < -0.39 is 0 Å². The zero-order chi connectivity index (χ0) is 16.5. The number of carbonyl (C=O) groups is 2. The van der Waals surface area contributed by atoms with E-state index in [1.54, 1.807) is 0 Å². The van der Waals surface area contributed by atoms with E-state index in [-0.39, 0.29) is 18.4 Å². The predicted octanol–water partition coefficient (Wildman–Crippen LogP) is 1.13. The number of unbranched alkanes of at least 4 members (excludes halogenated alkanes) is 1. The molecule has 0 saturated carbocycles. The molecule has 0 saturated heterocycles. The molecule has 0 aliphatic carbocycles. The summed E-state index contributed by atoms with van der Waals surface area (Å²) in [6, 6.07) is 5.71. The van der Waals surface area contributed by atoms with Crippen LogP contribution in [0.3, 0.4) is 0 Å². The van der Waals surface area contributed by atoms with Gasteiger partial charge in [-0.15, -0.1) is 0 Å². The van der Waals surface area contributed by atoms with Crippen molar-refractivity contribution >= 4 is 33.4 Å². The van der Waals surface area contributed by atoms with Gasteiger partial charge in [0.2, 0.25) is 0 Å². The Balaban J connectivity index is 2.39. The molecule has 2 amide bonds. The molecule has 0 aromatic heterocycles. The quantitative estimate of drug-likeness (QED) is 0.600. The van der Waals surface area contributed by atoms with E-state index in [1.807, 2.05) is 32.2 Å². The van der Waals surface area contributed by atoms with Crippen LogP contribution >= 0.6 is 15.9 Å². The standard InChI is InChI=1S/C16H24BrN3O2/c1-4-5-8-18-15(21)10-20(3)11-16(22)19-14-7-6-13(17)9-12(14)2/h6-7,9H,4-5,8,10-11H2,1-3H3,(H,18,21)(H,19,22)/p+1. The molecule has 1 aromatic rings. The molecule has 122 valence electrons. The normalized spacial score (nSPS) is 11.8. The number of rotatable bonds is 8. The fourth-order valence-electron chi connectivity index (χ4n) is 2.04. The van der Waals surface area contributed by atoms with E-state index >= 15 is 0 Å². The van der Waals surface area contributed by atoms with Crippen LogP contribution in [0.2, 0.25) is 0 Å². The number of hydrogen-bond donors (Lipinski definition) is 3. The average molecular weight is 371 g/mol. The fourth-order valence-corrected chi connectivity index (χ4v) is 2.52. The van der Waals surface area contributed by atoms with E-state index in [0.717, 1.165) is 33.5 Å². The van der Waals surface area contributed by atoms with Crippen molar-refractivity contribution in [3.05, 3.63) is 28.2 Å². The van der Waals surface area contributed by atoms with Crippen LogP contribution in [0, 0.1) is 6.92 Å². The maximum absolute atomic E-state index is 12.0. The number of halogens is 1. The van der Waals surface area contributed by atoms with Crippen molar-refractivity contribution < 1.29 is 14.5 Å². The maximum atomic E-state index is 12.0. The smallest absolute Gasteiger partial charge is 0.279 e. The summed E-state index contributed by atoms with van der Waals surface area (Å²) in [6.45, 7) is 5.29. The van der Waals surface area contributed by atoms with Gasteiger partial charge < -0.3 is 15.5 Å². The minimum Gasteiger partial charge on any atom is -0.351 e. The zero-order valence-corrected chi connectivity index (χ0v) is 15.0. The van der Waals surface area contributed by atoms with Gasteiger partial charge in [0.15, 0.2) is 13.1 Å². The van der Waals surface area contributed by atoms with Crippen LogP contribution < -0.4 is 15.5 Å². The lowest BCUT2D eigenvalue weighted by molar-refractivity contribution is -0.862. The predicted molar refractivity (Wildman–Crippen MR) is 92.0 cm³/mol. The van der Waals surface area contributed by atoms with Gasteiger partial charge in [-0.1, -0.05) is 29.3 Å². The Morgan fingerprint density at radius 3 is 2.55 bits per heavy atom. The second-order valence-electron chi connectivity index (χ2n) is 5.52. The van der Waals surface area contributed by atoms with E-state index in [2.05, 4.69) is 33.5 Å². The average Bonchev–Trinajstić information content (AvgIpc) is 2.42. The van der Waals surface area contributed by atoms with Gasteiger partial charge in [-0.3, -0.25) is 9.59 Å². The Morgan fingerprint density at radius 1 is 1.23 bits per heavy atom. The maximum Gasteiger partial charge on any atom is 0.279 e. The second-order valence-corrected chi connectivity index (χ2v) is 6.44. The third-order valence-corrected chi connectivity index (χ3v) is 3.73. The molecule has 5 nitrogen and oxygen atoms in total. The van der Waals surface area contributed by atoms with Crippen molar-refractivity contribution in [1.29, 1.82) is 0 Å². The van der Waals surface area contributed by atoms with Crippen molar-refractivity contribution in [3.8, 4) is 0 Å². The van der Waals surface area contributed by atoms with Gasteiger partial charge in [0.05, 0.1) is 7.05 Å². The first kappa shape index (κ1) is 18.6. The Bertz CT molecular complexity index is 520. The molecule has 1 aromatic carbocycles. The highest BCUT2D eigenvalue weighted by Crippen LogP contribution is 2.19. The Kier molecular flexibility index (Phi) is 8.12. The molecule has 0 spiro atoms. The van der Waals surface area contributed by atoms with Crippen molar-refractivity contribution in [3.63, 3.8) is 0 Å². The number of nitrogens with one attached hydrogen (secondary N) is 3. The number of likely N-dealkylation sites (N-methyl/N-ethyl adjacent to an activating group) is 1. The summed E-state index contributed by atoms with van der Waals surface area (Å²) >= 11 is 3.39. The summed E-state index contributed by atoms with van der Waals surface area (Å²) in [7, 11) is 1.84. The molecular formula is C16H25BrN3O2+. The molecule has 0 radical (unpaired) electrons. The van der Waals surface area contributed by atoms with E-state index in [4.69, 9.17) is 0 Å². The van der Waals surface area contributed by atoms with E-state index in [1.165, 1.54) is 0 Å². The summed E-state index contributed by atoms with van der Waals surface area (Å²) in [5.41, 5.74) is 1.80. The van der Waals surface area contributed by atoms with Crippen LogP contribution in [0.25, 0.3) is 0 Å². The Hall–Kier alpha value is -1.40. The van der Waals surface area contributed by atoms with Crippen molar-refractivity contribution in [2.45, 2.75) is 26.7 Å². The lowest BCUT2D eigenvalue weighted by Gasteiger charge is -2.14. The highest BCUT2D eigenvalue weighted by atomic mass is 79.9. The SMILES string of the molecule is CCCCNC(=O)C[NH+](C)CC(=O)Nc1ccc(Br)cc1C. The second kappa shape index (κ2) is 9.58. The largest absolute Gasteiger partial charge is 0.351 e. The number of hydrogen-bond acceptors (Lipinski definition) is 2. The summed E-state index contributed by atoms with van der Waals surface area (Å²) in [5.74, 6) is -0.108. The van der Waals surface area contributed by atoms with Crippen molar-refractivity contribution in [2.24, 2.45) is 0 Å². The molecule has 1 atom stereocenters. The summed E-state index contributed by atoms with van der Waals surface area (Å²) < 4.78 is 0.981. The number of carbonyl (C=O) groups excluding carboxylic acids is 2. The van der Waals surface area contributed by atoms with Crippen LogP contribution in [0.4, 0.5) is 5.69 Å². The van der Waals surface area contributed by atoms with Gasteiger partial charge in [-0.2, -0.15) is 0 Å². The van der Waals surface area contributed by atoms with E-state index in [9.17, 15) is 9.59 Å². The van der Waals surface area contributed by atoms with Crippen LogP contribution in [-0.2, 0) is 9.59 Å². The number of aryl methyl sites for hydroxylation is 1. The highest BCUT2D eigenvalue weighted by molar-refractivity contribution is 9.10. The molecule has 0 fully saturated rings. The van der Waals surface area contributed by atoms with Gasteiger partial charge in [0.25, 0.3) is 11.8 Å². The topological polar surface area (TPSA) is 62.6 Å². The molecule has 3 N–H and O–H groups in total. The zero-order valence-electron chi connectivity index (χ0n) is 13.5. The highest BCUT2D eigenvalue weighted by Gasteiger charge is 2.14. The third kappa shape index (κ3) is 7.04. The number of anilines is 1. The third-order valence-electron chi connectivity index (χ3n) is 3.24. The molecule has 1 rings (SSSR count). The molecule has 0 bridgehead atoms. The molecule has 6 heteroatoms. The fraction of sp³-hybridized carbons (Fsp3) is 0.500. The first-order valence-electron chi connectivity index (χ1n) is 7.56. The molecule has 0 aliphatic rings. The molecule has 22 heavy (non-hydrogen) atoms. The van der Waals surface area contributed by atoms with Crippen molar-refractivity contribution in [1.82, 2.24) is 5.32 Å². The molecular weight excluding hydrogens is 346 g/mol. The monoisotopic (exact) mass is 370 g/mol. The van der Waals surface area contributed by atoms with Gasteiger partial charge in [-0.05, 0) is 37.1 Å². The lowest BCUT2D eigenvalue weighted by Crippen LogP contribution is -3.11. The first-order valence-corrected chi connectivity index (χ1v) is 8.35. The van der Waals surface area contributed by atoms with Gasteiger partial charge in [-0.25, -0.2) is 0 Å². The van der Waals surface area contributed by atoms with Crippen LogP contribution in [0.15, 0.2) is 22.7 Å². The first-order chi connectivity index (χ1) is 10.4. The van der Waals surface area contributed by atoms with Gasteiger partial charge in [0.1, 0.15) is 0 Å². The molecule has 0 heterocycles. The van der Waals surface area contributed by atoms with Gasteiger partial charge >= 0.3 is 0 Å². The summed E-state index contributed by atoms with van der Waals surface area (Å²) in [4.78, 5) is 24.6. The lowest BCUT2D eigenvalue weighted by atomic mass is 10.2. The molecule has 1 unspecified atom stereocenters. The van der Waals surface area contributed by atoms with Crippen molar-refractivity contribution in [2.75, 3.05) is 32.0 Å². The Morgan fingerprint density at radius 2 is 1.91 bits per heavy atom. The minimum atomic E-state index is -0.0933. The summed E-state index contributed by atoms with van der Waals surface area (Å²) in [5, 5.41) is 5.74.